The van der Waals surface area contributed by atoms with Crippen LogP contribution in [0.25, 0.3) is 0 Å². The molecule has 2 aromatic rings. The van der Waals surface area contributed by atoms with E-state index in [9.17, 15) is 0 Å². The van der Waals surface area contributed by atoms with Crippen LogP contribution in [0.4, 0.5) is 0 Å². The molecular formula is C22H32N4O2. The maximum absolute atomic E-state index is 5.37. The molecule has 0 saturated carbocycles. The number of hydrogen-bond donors (Lipinski definition) is 2. The van der Waals surface area contributed by atoms with E-state index in [1.807, 2.05) is 30.3 Å². The standard InChI is InChI=1S/C22H32N4O2/c1-6-23-22(24-15-17-9-7-11-19(13-17)27-4)25-16-21(26(2)3)18-10-8-12-20(14-18)28-5/h7-14,21H,6,15-16H2,1-5H3,(H2,23,24,25). The maximum atomic E-state index is 5.37. The fourth-order valence-corrected chi connectivity index (χ4v) is 2.92. The Balaban J connectivity index is 2.08. The molecule has 28 heavy (non-hydrogen) atoms. The number of rotatable bonds is 9. The third kappa shape index (κ3) is 6.46. The highest BCUT2D eigenvalue weighted by atomic mass is 16.5. The Labute approximate surface area is 168 Å². The van der Waals surface area contributed by atoms with Crippen molar-refractivity contribution in [1.29, 1.82) is 0 Å². The minimum Gasteiger partial charge on any atom is -0.497 e. The van der Waals surface area contributed by atoms with E-state index >= 15 is 0 Å². The molecule has 0 amide bonds. The summed E-state index contributed by atoms with van der Waals surface area (Å²) in [6.07, 6.45) is 0. The highest BCUT2D eigenvalue weighted by Gasteiger charge is 2.15. The highest BCUT2D eigenvalue weighted by molar-refractivity contribution is 5.79. The molecule has 6 nitrogen and oxygen atoms in total. The molecule has 1 unspecified atom stereocenters. The SMILES string of the molecule is CCNC(=NCc1cccc(OC)c1)NCC(c1cccc(OC)c1)N(C)C. The lowest BCUT2D eigenvalue weighted by atomic mass is 10.1. The topological polar surface area (TPSA) is 58.1 Å². The van der Waals surface area contributed by atoms with E-state index < -0.39 is 0 Å². The normalized spacial score (nSPS) is 12.6. The van der Waals surface area contributed by atoms with Gasteiger partial charge in [-0.25, -0.2) is 4.99 Å². The zero-order valence-corrected chi connectivity index (χ0v) is 17.5. The van der Waals surface area contributed by atoms with E-state index in [2.05, 4.69) is 54.8 Å². The maximum Gasteiger partial charge on any atom is 0.191 e. The van der Waals surface area contributed by atoms with Crippen LogP contribution in [0.1, 0.15) is 24.1 Å². The van der Waals surface area contributed by atoms with Crippen LogP contribution >= 0.6 is 0 Å². The fraction of sp³-hybridized carbons (Fsp3) is 0.409. The van der Waals surface area contributed by atoms with Gasteiger partial charge in [-0.05, 0) is 56.4 Å². The van der Waals surface area contributed by atoms with Gasteiger partial charge in [-0.2, -0.15) is 0 Å². The van der Waals surface area contributed by atoms with E-state index in [4.69, 9.17) is 14.5 Å². The van der Waals surface area contributed by atoms with E-state index in [0.29, 0.717) is 6.54 Å². The lowest BCUT2D eigenvalue weighted by molar-refractivity contribution is 0.297. The molecule has 0 aromatic heterocycles. The Morgan fingerprint density at radius 2 is 1.68 bits per heavy atom. The first-order chi connectivity index (χ1) is 13.6. The molecule has 0 aliphatic carbocycles. The molecule has 0 bridgehead atoms. The molecule has 0 saturated heterocycles. The van der Waals surface area contributed by atoms with Crippen LogP contribution in [-0.4, -0.2) is 52.3 Å². The third-order valence-electron chi connectivity index (χ3n) is 4.46. The first-order valence-electron chi connectivity index (χ1n) is 9.52. The lowest BCUT2D eigenvalue weighted by Gasteiger charge is -2.26. The molecule has 2 N–H and O–H groups in total. The second kappa shape index (κ2) is 11.2. The summed E-state index contributed by atoms with van der Waals surface area (Å²) in [4.78, 5) is 6.90. The molecule has 0 heterocycles. The lowest BCUT2D eigenvalue weighted by Crippen LogP contribution is -2.41. The molecule has 0 aliphatic rings. The van der Waals surface area contributed by atoms with Crippen molar-refractivity contribution < 1.29 is 9.47 Å². The highest BCUT2D eigenvalue weighted by Crippen LogP contribution is 2.22. The van der Waals surface area contributed by atoms with E-state index in [-0.39, 0.29) is 6.04 Å². The average Bonchev–Trinajstić information content (AvgIpc) is 2.72. The number of guanidine groups is 1. The summed E-state index contributed by atoms with van der Waals surface area (Å²) >= 11 is 0. The van der Waals surface area contributed by atoms with Gasteiger partial charge in [0.2, 0.25) is 0 Å². The Morgan fingerprint density at radius 3 is 2.32 bits per heavy atom. The number of ether oxygens (including phenoxy) is 2. The third-order valence-corrected chi connectivity index (χ3v) is 4.46. The van der Waals surface area contributed by atoms with Crippen LogP contribution in [0, 0.1) is 0 Å². The van der Waals surface area contributed by atoms with Gasteiger partial charge in [-0.1, -0.05) is 24.3 Å². The monoisotopic (exact) mass is 384 g/mol. The van der Waals surface area contributed by atoms with Crippen molar-refractivity contribution in [3.8, 4) is 11.5 Å². The molecular weight excluding hydrogens is 352 g/mol. The van der Waals surface area contributed by atoms with Gasteiger partial charge < -0.3 is 25.0 Å². The Bertz CT molecular complexity index is 762. The van der Waals surface area contributed by atoms with Crippen LogP contribution in [0.2, 0.25) is 0 Å². The number of hydrogen-bond acceptors (Lipinski definition) is 4. The Hall–Kier alpha value is -2.73. The Kier molecular flexibility index (Phi) is 8.62. The molecule has 152 valence electrons. The average molecular weight is 385 g/mol. The number of likely N-dealkylation sites (N-methyl/N-ethyl adjacent to an activating group) is 1. The molecule has 0 aliphatic heterocycles. The van der Waals surface area contributed by atoms with Gasteiger partial charge in [0.05, 0.1) is 26.8 Å². The minimum absolute atomic E-state index is 0.191. The van der Waals surface area contributed by atoms with Crippen molar-refractivity contribution in [1.82, 2.24) is 15.5 Å². The quantitative estimate of drug-likeness (QED) is 0.514. The number of nitrogens with one attached hydrogen (secondary N) is 2. The predicted octanol–water partition coefficient (Wildman–Crippen LogP) is 3.06. The molecule has 1 atom stereocenters. The Morgan fingerprint density at radius 1 is 1.00 bits per heavy atom. The first kappa shape index (κ1) is 21.6. The van der Waals surface area contributed by atoms with Crippen molar-refractivity contribution in [3.63, 3.8) is 0 Å². The summed E-state index contributed by atoms with van der Waals surface area (Å²) in [6.45, 7) is 4.17. The number of benzene rings is 2. The molecule has 0 fully saturated rings. The van der Waals surface area contributed by atoms with Gasteiger partial charge in [0, 0.05) is 13.1 Å². The van der Waals surface area contributed by atoms with Gasteiger partial charge >= 0.3 is 0 Å². The molecule has 0 radical (unpaired) electrons. The smallest absolute Gasteiger partial charge is 0.191 e. The van der Waals surface area contributed by atoms with Crippen LogP contribution in [0.15, 0.2) is 53.5 Å². The molecule has 2 aromatic carbocycles. The van der Waals surface area contributed by atoms with E-state index in [0.717, 1.165) is 36.1 Å². The zero-order valence-electron chi connectivity index (χ0n) is 17.5. The fourth-order valence-electron chi connectivity index (χ4n) is 2.92. The zero-order chi connectivity index (χ0) is 20.4. The summed E-state index contributed by atoms with van der Waals surface area (Å²) in [7, 11) is 7.52. The van der Waals surface area contributed by atoms with Crippen molar-refractivity contribution in [2.75, 3.05) is 41.4 Å². The second-order valence-corrected chi connectivity index (χ2v) is 6.68. The number of methoxy groups -OCH3 is 2. The van der Waals surface area contributed by atoms with Crippen LogP contribution < -0.4 is 20.1 Å². The van der Waals surface area contributed by atoms with Crippen molar-refractivity contribution in [2.24, 2.45) is 4.99 Å². The van der Waals surface area contributed by atoms with Crippen molar-refractivity contribution >= 4 is 5.96 Å². The molecule has 0 spiro atoms. The van der Waals surface area contributed by atoms with Crippen molar-refractivity contribution in [3.05, 3.63) is 59.7 Å². The van der Waals surface area contributed by atoms with E-state index in [1.165, 1.54) is 5.56 Å². The van der Waals surface area contributed by atoms with Gasteiger partial charge in [-0.15, -0.1) is 0 Å². The van der Waals surface area contributed by atoms with Crippen LogP contribution in [0.3, 0.4) is 0 Å². The molecule has 2 rings (SSSR count). The summed E-state index contributed by atoms with van der Waals surface area (Å²) in [5.41, 5.74) is 2.30. The number of aliphatic imine (C=N–C) groups is 1. The first-order valence-corrected chi connectivity index (χ1v) is 9.52. The molecule has 6 heteroatoms. The van der Waals surface area contributed by atoms with Gasteiger partial charge in [0.1, 0.15) is 11.5 Å². The number of nitrogens with zero attached hydrogens (tertiary/aromatic N) is 2. The van der Waals surface area contributed by atoms with Gasteiger partial charge in [-0.3, -0.25) is 0 Å². The summed E-state index contributed by atoms with van der Waals surface area (Å²) in [5, 5.41) is 6.78. The van der Waals surface area contributed by atoms with Crippen molar-refractivity contribution in [2.45, 2.75) is 19.5 Å². The second-order valence-electron chi connectivity index (χ2n) is 6.68. The van der Waals surface area contributed by atoms with Crippen LogP contribution in [0.5, 0.6) is 11.5 Å². The van der Waals surface area contributed by atoms with Gasteiger partial charge in [0.15, 0.2) is 5.96 Å². The predicted molar refractivity (Wildman–Crippen MR) is 115 cm³/mol. The van der Waals surface area contributed by atoms with Gasteiger partial charge in [0.25, 0.3) is 0 Å². The minimum atomic E-state index is 0.191. The van der Waals surface area contributed by atoms with E-state index in [1.54, 1.807) is 14.2 Å². The summed E-state index contributed by atoms with van der Waals surface area (Å²) in [5.74, 6) is 2.50. The summed E-state index contributed by atoms with van der Waals surface area (Å²) in [6, 6.07) is 16.3. The summed E-state index contributed by atoms with van der Waals surface area (Å²) < 4.78 is 10.7. The van der Waals surface area contributed by atoms with Crippen LogP contribution in [-0.2, 0) is 6.54 Å². The largest absolute Gasteiger partial charge is 0.497 e.